The second-order valence-corrected chi connectivity index (χ2v) is 10.4. The lowest BCUT2D eigenvalue weighted by Gasteiger charge is -2.13. The summed E-state index contributed by atoms with van der Waals surface area (Å²) < 4.78 is 70.0. The molecule has 1 aliphatic heterocycles. The molecular weight excluding hydrogens is 678 g/mol. The number of imide groups is 1. The van der Waals surface area contributed by atoms with Gasteiger partial charge in [-0.2, -0.15) is 0 Å². The molecule has 0 radical (unpaired) electrons. The lowest BCUT2D eigenvalue weighted by Crippen LogP contribution is -2.33. The number of hydrogen-bond donors (Lipinski definition) is 0. The molecule has 2 amide bonds. The summed E-state index contributed by atoms with van der Waals surface area (Å²) in [5, 5.41) is 0. The van der Waals surface area contributed by atoms with Gasteiger partial charge in [0.1, 0.15) is 6.61 Å². The molecular formula is C34H59NO16. The highest BCUT2D eigenvalue weighted by Gasteiger charge is 2.22. The number of ether oxygens (including phenoxy) is 13. The largest absolute Gasteiger partial charge is 0.460 e. The normalized spacial score (nSPS) is 12.8. The summed E-state index contributed by atoms with van der Waals surface area (Å²) in [6.45, 7) is 16.2. The van der Waals surface area contributed by atoms with Crippen LogP contribution >= 0.6 is 0 Å². The SMILES string of the molecule is C=C(C)C(=O)OCCOCCOCCOCCOCCOCCOCCOCCOCCOCCOCCOCCOCCN1C(=O)C=CC1=O. The van der Waals surface area contributed by atoms with E-state index in [2.05, 4.69) is 6.58 Å². The molecule has 17 heteroatoms. The van der Waals surface area contributed by atoms with Gasteiger partial charge in [-0.3, -0.25) is 14.5 Å². The summed E-state index contributed by atoms with van der Waals surface area (Å²) >= 11 is 0. The van der Waals surface area contributed by atoms with Crippen LogP contribution in [0.25, 0.3) is 0 Å². The molecule has 0 fully saturated rings. The monoisotopic (exact) mass is 737 g/mol. The predicted molar refractivity (Wildman–Crippen MR) is 181 cm³/mol. The molecule has 1 rings (SSSR count). The van der Waals surface area contributed by atoms with Gasteiger partial charge >= 0.3 is 5.97 Å². The molecule has 0 bridgehead atoms. The van der Waals surface area contributed by atoms with E-state index in [1.54, 1.807) is 6.92 Å². The van der Waals surface area contributed by atoms with Crippen molar-refractivity contribution in [1.82, 2.24) is 4.90 Å². The van der Waals surface area contributed by atoms with Gasteiger partial charge in [0, 0.05) is 17.7 Å². The Morgan fingerprint density at radius 2 is 0.647 bits per heavy atom. The van der Waals surface area contributed by atoms with E-state index in [4.69, 9.17) is 61.6 Å². The van der Waals surface area contributed by atoms with Crippen molar-refractivity contribution in [3.63, 3.8) is 0 Å². The Bertz CT molecular complexity index is 888. The number of amides is 2. The van der Waals surface area contributed by atoms with Crippen molar-refractivity contribution in [3.05, 3.63) is 24.3 Å². The Hall–Kier alpha value is -2.39. The third kappa shape index (κ3) is 30.9. The minimum atomic E-state index is -0.419. The fourth-order valence-electron chi connectivity index (χ4n) is 3.64. The van der Waals surface area contributed by atoms with Gasteiger partial charge in [0.2, 0.25) is 0 Å². The van der Waals surface area contributed by atoms with Crippen LogP contribution in [0.4, 0.5) is 0 Å². The van der Waals surface area contributed by atoms with Gasteiger partial charge in [0.25, 0.3) is 11.8 Å². The molecule has 0 N–H and O–H groups in total. The van der Waals surface area contributed by atoms with Gasteiger partial charge < -0.3 is 61.6 Å². The number of carbonyl (C=O) groups excluding carboxylic acids is 3. The molecule has 0 spiro atoms. The second-order valence-electron chi connectivity index (χ2n) is 10.4. The molecule has 0 saturated carbocycles. The Labute approximate surface area is 301 Å². The smallest absolute Gasteiger partial charge is 0.333 e. The molecule has 1 aliphatic rings. The topological polar surface area (TPSA) is 174 Å². The van der Waals surface area contributed by atoms with Gasteiger partial charge in [0.05, 0.1) is 165 Å². The van der Waals surface area contributed by atoms with E-state index in [-0.39, 0.29) is 31.6 Å². The van der Waals surface area contributed by atoms with Crippen molar-refractivity contribution < 1.29 is 76.0 Å². The van der Waals surface area contributed by atoms with Crippen molar-refractivity contribution in [1.29, 1.82) is 0 Å². The third-order valence-corrected chi connectivity index (χ3v) is 6.26. The lowest BCUT2D eigenvalue weighted by atomic mass is 10.4. The fraction of sp³-hybridized carbons (Fsp3) is 0.794. The molecule has 296 valence electrons. The molecule has 1 heterocycles. The maximum atomic E-state index is 11.4. The number of nitrogens with zero attached hydrogens (tertiary/aromatic N) is 1. The molecule has 0 aromatic rings. The van der Waals surface area contributed by atoms with E-state index in [0.717, 1.165) is 4.90 Å². The number of rotatable bonds is 40. The lowest BCUT2D eigenvalue weighted by molar-refractivity contribution is -0.141. The van der Waals surface area contributed by atoms with Gasteiger partial charge in [-0.25, -0.2) is 4.79 Å². The van der Waals surface area contributed by atoms with Crippen LogP contribution in [0.3, 0.4) is 0 Å². The van der Waals surface area contributed by atoms with Gasteiger partial charge in [-0.15, -0.1) is 0 Å². The molecule has 17 nitrogen and oxygen atoms in total. The van der Waals surface area contributed by atoms with Crippen molar-refractivity contribution in [2.24, 2.45) is 0 Å². The van der Waals surface area contributed by atoms with E-state index >= 15 is 0 Å². The average Bonchev–Trinajstić information content (AvgIpc) is 3.44. The van der Waals surface area contributed by atoms with Crippen LogP contribution in [0.15, 0.2) is 24.3 Å². The van der Waals surface area contributed by atoms with E-state index in [1.165, 1.54) is 12.2 Å². The van der Waals surface area contributed by atoms with E-state index in [0.29, 0.717) is 158 Å². The van der Waals surface area contributed by atoms with Crippen LogP contribution in [-0.4, -0.2) is 194 Å². The molecule has 0 unspecified atom stereocenters. The standard InChI is InChI=1S/C34H59NO16/c1-31(2)34(38)51-30-29-50-28-27-49-26-25-48-24-23-47-22-21-46-20-19-45-18-17-44-16-15-43-14-13-42-12-11-41-10-9-40-8-7-39-6-5-35-32(36)3-4-33(35)37/h3-4H,1,5-30H2,2H3. The Morgan fingerprint density at radius 3 is 0.882 bits per heavy atom. The summed E-state index contributed by atoms with van der Waals surface area (Å²) in [6, 6.07) is 0. The van der Waals surface area contributed by atoms with E-state index in [9.17, 15) is 14.4 Å². The summed E-state index contributed by atoms with van der Waals surface area (Å²) in [7, 11) is 0. The highest BCUT2D eigenvalue weighted by Crippen LogP contribution is 2.02. The molecule has 51 heavy (non-hydrogen) atoms. The van der Waals surface area contributed by atoms with Crippen molar-refractivity contribution in [3.8, 4) is 0 Å². The molecule has 0 aromatic carbocycles. The Balaban J connectivity index is 1.62. The Kier molecular flexibility index (Phi) is 32.9. The summed E-state index contributed by atoms with van der Waals surface area (Å²) in [5.41, 5.74) is 0.364. The van der Waals surface area contributed by atoms with Gasteiger partial charge in [-0.1, -0.05) is 6.58 Å². The maximum absolute atomic E-state index is 11.4. The zero-order valence-corrected chi connectivity index (χ0v) is 30.2. The van der Waals surface area contributed by atoms with Crippen LogP contribution in [0.1, 0.15) is 6.92 Å². The Morgan fingerprint density at radius 1 is 0.431 bits per heavy atom. The summed E-state index contributed by atoms with van der Waals surface area (Å²) in [4.78, 5) is 35.1. The maximum Gasteiger partial charge on any atom is 0.333 e. The zero-order chi connectivity index (χ0) is 36.9. The zero-order valence-electron chi connectivity index (χ0n) is 30.2. The molecule has 0 atom stereocenters. The molecule has 0 aromatic heterocycles. The fourth-order valence-corrected chi connectivity index (χ4v) is 3.64. The van der Waals surface area contributed by atoms with Crippen LogP contribution < -0.4 is 0 Å². The minimum Gasteiger partial charge on any atom is -0.460 e. The van der Waals surface area contributed by atoms with Crippen molar-refractivity contribution in [2.45, 2.75) is 6.92 Å². The number of hydrogen-bond acceptors (Lipinski definition) is 16. The third-order valence-electron chi connectivity index (χ3n) is 6.26. The van der Waals surface area contributed by atoms with Crippen LogP contribution in [0.2, 0.25) is 0 Å². The first kappa shape index (κ1) is 46.6. The molecule has 0 saturated heterocycles. The van der Waals surface area contributed by atoms with Crippen LogP contribution in [0.5, 0.6) is 0 Å². The number of esters is 1. The quantitative estimate of drug-likeness (QED) is 0.0362. The first-order chi connectivity index (χ1) is 25.0. The summed E-state index contributed by atoms with van der Waals surface area (Å²) in [6.07, 6.45) is 2.50. The predicted octanol–water partition coefficient (Wildman–Crippen LogP) is 0.230. The first-order valence-electron chi connectivity index (χ1n) is 17.3. The highest BCUT2D eigenvalue weighted by molar-refractivity contribution is 6.12. The van der Waals surface area contributed by atoms with Crippen LogP contribution in [-0.2, 0) is 76.0 Å². The summed E-state index contributed by atoms with van der Waals surface area (Å²) in [5.74, 6) is -1.04. The van der Waals surface area contributed by atoms with E-state index in [1.807, 2.05) is 0 Å². The van der Waals surface area contributed by atoms with Crippen molar-refractivity contribution >= 4 is 17.8 Å². The van der Waals surface area contributed by atoms with Crippen LogP contribution in [0, 0.1) is 0 Å². The first-order valence-corrected chi connectivity index (χ1v) is 17.3. The average molecular weight is 738 g/mol. The number of carbonyl (C=O) groups is 3. The van der Waals surface area contributed by atoms with Gasteiger partial charge in [0.15, 0.2) is 0 Å². The second kappa shape index (κ2) is 36.0. The highest BCUT2D eigenvalue weighted by atomic mass is 16.6. The molecule has 0 aliphatic carbocycles. The minimum absolute atomic E-state index is 0.192. The van der Waals surface area contributed by atoms with Crippen molar-refractivity contribution in [2.75, 3.05) is 172 Å². The van der Waals surface area contributed by atoms with E-state index < -0.39 is 5.97 Å². The van der Waals surface area contributed by atoms with Gasteiger partial charge in [-0.05, 0) is 6.92 Å².